The van der Waals surface area contributed by atoms with Gasteiger partial charge in [-0.3, -0.25) is 4.79 Å². The van der Waals surface area contributed by atoms with E-state index in [1.165, 1.54) is 0 Å². The number of nitrogens with zero attached hydrogens (tertiary/aromatic N) is 1. The van der Waals surface area contributed by atoms with E-state index in [1.54, 1.807) is 24.4 Å². The molecule has 0 bridgehead atoms. The summed E-state index contributed by atoms with van der Waals surface area (Å²) in [6, 6.07) is 4.83. The predicted molar refractivity (Wildman–Crippen MR) is 67.8 cm³/mol. The molecule has 0 saturated carbocycles. The van der Waals surface area contributed by atoms with Gasteiger partial charge < -0.3 is 4.98 Å². The SMILES string of the molecule is Cc1c[nH]c(CC(=O)c2ccc(Cl)cc2Cl)n1. The lowest BCUT2D eigenvalue weighted by Gasteiger charge is -2.02. The molecule has 2 rings (SSSR count). The van der Waals surface area contributed by atoms with Crippen molar-refractivity contribution in [3.63, 3.8) is 0 Å². The number of aryl methyl sites for hydroxylation is 1. The Labute approximate surface area is 109 Å². The number of Topliss-reactive ketones (excluding diaryl/α,β-unsaturated/α-hetero) is 1. The molecule has 1 aromatic carbocycles. The van der Waals surface area contributed by atoms with Crippen LogP contribution in [0.5, 0.6) is 0 Å². The second-order valence-electron chi connectivity index (χ2n) is 3.71. The van der Waals surface area contributed by atoms with Crippen LogP contribution in [0.25, 0.3) is 0 Å². The number of hydrogen-bond acceptors (Lipinski definition) is 2. The molecule has 0 atom stereocenters. The van der Waals surface area contributed by atoms with Crippen LogP contribution >= 0.6 is 23.2 Å². The smallest absolute Gasteiger partial charge is 0.171 e. The van der Waals surface area contributed by atoms with Crippen LogP contribution < -0.4 is 0 Å². The van der Waals surface area contributed by atoms with Crippen molar-refractivity contribution >= 4 is 29.0 Å². The molecule has 2 aromatic rings. The molecule has 0 fully saturated rings. The Morgan fingerprint density at radius 1 is 1.41 bits per heavy atom. The lowest BCUT2D eigenvalue weighted by atomic mass is 10.1. The monoisotopic (exact) mass is 268 g/mol. The van der Waals surface area contributed by atoms with Crippen LogP contribution in [0.1, 0.15) is 21.9 Å². The van der Waals surface area contributed by atoms with Gasteiger partial charge >= 0.3 is 0 Å². The number of carbonyl (C=O) groups is 1. The number of hydrogen-bond donors (Lipinski definition) is 1. The van der Waals surface area contributed by atoms with E-state index >= 15 is 0 Å². The number of rotatable bonds is 3. The first kappa shape index (κ1) is 12.1. The predicted octanol–water partition coefficient (Wildman–Crippen LogP) is 3.45. The number of aromatic nitrogens is 2. The minimum atomic E-state index is -0.0824. The first-order valence-electron chi connectivity index (χ1n) is 5.05. The van der Waals surface area contributed by atoms with Crippen LogP contribution in [0.15, 0.2) is 24.4 Å². The lowest BCUT2D eigenvalue weighted by molar-refractivity contribution is 0.0991. The second kappa shape index (κ2) is 4.90. The largest absolute Gasteiger partial charge is 0.348 e. The summed E-state index contributed by atoms with van der Waals surface area (Å²) in [6.07, 6.45) is 1.96. The summed E-state index contributed by atoms with van der Waals surface area (Å²) in [6.45, 7) is 1.86. The van der Waals surface area contributed by atoms with Gasteiger partial charge in [-0.15, -0.1) is 0 Å². The molecule has 0 aliphatic heterocycles. The molecule has 0 radical (unpaired) electrons. The van der Waals surface area contributed by atoms with Crippen LogP contribution in [-0.4, -0.2) is 15.8 Å². The fourth-order valence-corrected chi connectivity index (χ4v) is 2.03. The number of carbonyl (C=O) groups excluding carboxylic acids is 1. The first-order chi connectivity index (χ1) is 8.06. The average molecular weight is 269 g/mol. The van der Waals surface area contributed by atoms with Crippen LogP contribution in [-0.2, 0) is 6.42 Å². The van der Waals surface area contributed by atoms with Crippen molar-refractivity contribution in [1.29, 1.82) is 0 Å². The quantitative estimate of drug-likeness (QED) is 0.867. The molecule has 0 unspecified atom stereocenters. The molecule has 1 aromatic heterocycles. The molecule has 0 aliphatic rings. The molecule has 88 valence electrons. The van der Waals surface area contributed by atoms with E-state index in [2.05, 4.69) is 9.97 Å². The Hall–Kier alpha value is -1.32. The second-order valence-corrected chi connectivity index (χ2v) is 4.56. The highest BCUT2D eigenvalue weighted by Gasteiger charge is 2.12. The van der Waals surface area contributed by atoms with Gasteiger partial charge in [0.25, 0.3) is 0 Å². The minimum absolute atomic E-state index is 0.0824. The Kier molecular flexibility index (Phi) is 3.50. The van der Waals surface area contributed by atoms with Gasteiger partial charge in [-0.1, -0.05) is 23.2 Å². The van der Waals surface area contributed by atoms with E-state index in [-0.39, 0.29) is 12.2 Å². The van der Waals surface area contributed by atoms with Crippen molar-refractivity contribution in [2.45, 2.75) is 13.3 Å². The van der Waals surface area contributed by atoms with Gasteiger partial charge in [0.15, 0.2) is 5.78 Å². The third kappa shape index (κ3) is 2.87. The topological polar surface area (TPSA) is 45.8 Å². The summed E-state index contributed by atoms with van der Waals surface area (Å²) in [5, 5.41) is 0.881. The van der Waals surface area contributed by atoms with Crippen LogP contribution in [0.4, 0.5) is 0 Å². The Balaban J connectivity index is 2.20. The van der Waals surface area contributed by atoms with Crippen LogP contribution in [0.2, 0.25) is 10.0 Å². The Bertz CT molecular complexity index is 563. The van der Waals surface area contributed by atoms with Gasteiger partial charge in [-0.2, -0.15) is 0 Å². The van der Waals surface area contributed by atoms with Crippen LogP contribution in [0, 0.1) is 6.92 Å². The van der Waals surface area contributed by atoms with Gasteiger partial charge in [0.2, 0.25) is 0 Å². The van der Waals surface area contributed by atoms with Gasteiger partial charge in [0.05, 0.1) is 17.1 Å². The number of imidazole rings is 1. The molecule has 17 heavy (non-hydrogen) atoms. The summed E-state index contributed by atoms with van der Waals surface area (Å²) in [4.78, 5) is 19.1. The highest BCUT2D eigenvalue weighted by Crippen LogP contribution is 2.22. The van der Waals surface area contributed by atoms with Crippen LogP contribution in [0.3, 0.4) is 0 Å². The molecule has 0 amide bonds. The summed E-state index contributed by atoms with van der Waals surface area (Å²) in [7, 11) is 0. The Morgan fingerprint density at radius 2 is 2.18 bits per heavy atom. The van der Waals surface area contributed by atoms with Gasteiger partial charge in [-0.05, 0) is 25.1 Å². The summed E-state index contributed by atoms with van der Waals surface area (Å²) >= 11 is 11.7. The van der Waals surface area contributed by atoms with Gasteiger partial charge in [0, 0.05) is 16.8 Å². The van der Waals surface area contributed by atoms with E-state index in [0.29, 0.717) is 21.4 Å². The molecule has 5 heteroatoms. The number of H-pyrrole nitrogens is 1. The number of ketones is 1. The van der Waals surface area contributed by atoms with Crippen molar-refractivity contribution < 1.29 is 4.79 Å². The molecule has 0 saturated heterocycles. The molecule has 0 aliphatic carbocycles. The van der Waals surface area contributed by atoms with Gasteiger partial charge in [0.1, 0.15) is 5.82 Å². The molecule has 1 heterocycles. The summed E-state index contributed by atoms with van der Waals surface area (Å²) in [5.41, 5.74) is 1.32. The Morgan fingerprint density at radius 3 is 2.76 bits per heavy atom. The molecule has 3 nitrogen and oxygen atoms in total. The maximum absolute atomic E-state index is 12.0. The van der Waals surface area contributed by atoms with Crippen molar-refractivity contribution in [3.8, 4) is 0 Å². The number of benzene rings is 1. The first-order valence-corrected chi connectivity index (χ1v) is 5.81. The standard InChI is InChI=1S/C12H10Cl2N2O/c1-7-6-15-12(16-7)5-11(17)9-3-2-8(13)4-10(9)14/h2-4,6H,5H2,1H3,(H,15,16). The normalized spacial score (nSPS) is 10.5. The zero-order chi connectivity index (χ0) is 12.4. The maximum atomic E-state index is 12.0. The zero-order valence-electron chi connectivity index (χ0n) is 9.13. The van der Waals surface area contributed by atoms with E-state index in [0.717, 1.165) is 5.69 Å². The fraction of sp³-hybridized carbons (Fsp3) is 0.167. The highest BCUT2D eigenvalue weighted by molar-refractivity contribution is 6.36. The number of aromatic amines is 1. The molecular weight excluding hydrogens is 259 g/mol. The molecular formula is C12H10Cl2N2O. The van der Waals surface area contributed by atoms with E-state index in [1.807, 2.05) is 6.92 Å². The maximum Gasteiger partial charge on any atom is 0.171 e. The van der Waals surface area contributed by atoms with Crippen molar-refractivity contribution in [2.24, 2.45) is 0 Å². The van der Waals surface area contributed by atoms with E-state index < -0.39 is 0 Å². The number of nitrogens with one attached hydrogen (secondary N) is 1. The summed E-state index contributed by atoms with van der Waals surface area (Å²) in [5.74, 6) is 0.555. The van der Waals surface area contributed by atoms with Crippen molar-refractivity contribution in [2.75, 3.05) is 0 Å². The third-order valence-corrected chi connectivity index (χ3v) is 2.87. The van der Waals surface area contributed by atoms with E-state index in [9.17, 15) is 4.79 Å². The van der Waals surface area contributed by atoms with Crippen molar-refractivity contribution in [3.05, 3.63) is 51.5 Å². The minimum Gasteiger partial charge on any atom is -0.348 e. The molecule has 0 spiro atoms. The van der Waals surface area contributed by atoms with E-state index in [4.69, 9.17) is 23.2 Å². The molecule has 1 N–H and O–H groups in total. The van der Waals surface area contributed by atoms with Gasteiger partial charge in [-0.25, -0.2) is 4.98 Å². The zero-order valence-corrected chi connectivity index (χ0v) is 10.6. The lowest BCUT2D eigenvalue weighted by Crippen LogP contribution is -2.05. The summed E-state index contributed by atoms with van der Waals surface area (Å²) < 4.78 is 0. The van der Waals surface area contributed by atoms with Crippen molar-refractivity contribution in [1.82, 2.24) is 9.97 Å². The number of halogens is 2. The average Bonchev–Trinajstić information content (AvgIpc) is 2.63. The fourth-order valence-electron chi connectivity index (χ4n) is 1.52. The highest BCUT2D eigenvalue weighted by atomic mass is 35.5. The third-order valence-electron chi connectivity index (χ3n) is 2.32.